The largest absolute Gasteiger partial charge is 0.468 e. The average Bonchev–Trinajstić information content (AvgIpc) is 3.36. The lowest BCUT2D eigenvalue weighted by molar-refractivity contribution is 0.0830. The Kier molecular flexibility index (Phi) is 5.46. The highest BCUT2D eigenvalue weighted by Crippen LogP contribution is 2.16. The van der Waals surface area contributed by atoms with E-state index >= 15 is 0 Å². The van der Waals surface area contributed by atoms with Gasteiger partial charge in [-0.15, -0.1) is 0 Å². The van der Waals surface area contributed by atoms with Crippen molar-refractivity contribution >= 4 is 5.78 Å². The molecule has 0 aliphatic rings. The third-order valence-electron chi connectivity index (χ3n) is 4.99. The van der Waals surface area contributed by atoms with E-state index in [2.05, 4.69) is 20.0 Å². The molecule has 8 heteroatoms. The standard InChI is InChI=1S/C21H26N6O2/c1-15-10-16(2)27(24-15)12-18(28)11-25(13-19-6-4-9-29-19)14-20-17(3)23-21-22-7-5-8-26(20)21/h4-10,18,28H,11-14H2,1-3H3. The molecule has 0 saturated carbocycles. The van der Waals surface area contributed by atoms with E-state index in [1.54, 1.807) is 12.5 Å². The summed E-state index contributed by atoms with van der Waals surface area (Å²) >= 11 is 0. The van der Waals surface area contributed by atoms with Crippen LogP contribution < -0.4 is 0 Å². The summed E-state index contributed by atoms with van der Waals surface area (Å²) in [5, 5.41) is 15.2. The second-order valence-electron chi connectivity index (χ2n) is 7.45. The van der Waals surface area contributed by atoms with Gasteiger partial charge in [0.05, 0.1) is 42.5 Å². The minimum absolute atomic E-state index is 0.446. The minimum Gasteiger partial charge on any atom is -0.468 e. The second kappa shape index (κ2) is 8.18. The Morgan fingerprint density at radius 1 is 1.21 bits per heavy atom. The van der Waals surface area contributed by atoms with E-state index in [4.69, 9.17) is 4.42 Å². The maximum absolute atomic E-state index is 10.8. The molecule has 0 spiro atoms. The minimum atomic E-state index is -0.569. The summed E-state index contributed by atoms with van der Waals surface area (Å²) in [7, 11) is 0. The van der Waals surface area contributed by atoms with Gasteiger partial charge in [-0.3, -0.25) is 14.0 Å². The second-order valence-corrected chi connectivity index (χ2v) is 7.45. The lowest BCUT2D eigenvalue weighted by Crippen LogP contribution is -2.35. The van der Waals surface area contributed by atoms with E-state index in [9.17, 15) is 5.11 Å². The highest BCUT2D eigenvalue weighted by atomic mass is 16.3. The molecule has 0 saturated heterocycles. The lowest BCUT2D eigenvalue weighted by Gasteiger charge is -2.24. The number of nitrogens with zero attached hydrogens (tertiary/aromatic N) is 6. The van der Waals surface area contributed by atoms with Gasteiger partial charge in [0.25, 0.3) is 0 Å². The molecule has 0 fully saturated rings. The first-order valence-corrected chi connectivity index (χ1v) is 9.72. The Bertz CT molecular complexity index is 1080. The van der Waals surface area contributed by atoms with Crippen LogP contribution in [0.4, 0.5) is 0 Å². The molecular weight excluding hydrogens is 368 g/mol. The molecule has 4 heterocycles. The molecule has 4 aromatic rings. The van der Waals surface area contributed by atoms with Crippen molar-refractivity contribution in [2.24, 2.45) is 0 Å². The van der Waals surface area contributed by atoms with Crippen molar-refractivity contribution in [1.82, 2.24) is 29.0 Å². The zero-order valence-electron chi connectivity index (χ0n) is 17.0. The molecule has 0 aromatic carbocycles. The Morgan fingerprint density at radius 2 is 2.07 bits per heavy atom. The average molecular weight is 394 g/mol. The van der Waals surface area contributed by atoms with E-state index < -0.39 is 6.10 Å². The quantitative estimate of drug-likeness (QED) is 0.494. The van der Waals surface area contributed by atoms with Crippen molar-refractivity contribution in [3.8, 4) is 0 Å². The van der Waals surface area contributed by atoms with Crippen molar-refractivity contribution in [1.29, 1.82) is 0 Å². The van der Waals surface area contributed by atoms with Crippen molar-refractivity contribution in [3.05, 3.63) is 71.5 Å². The summed E-state index contributed by atoms with van der Waals surface area (Å²) in [6.45, 7) is 8.08. The summed E-state index contributed by atoms with van der Waals surface area (Å²) in [6.07, 6.45) is 4.81. The monoisotopic (exact) mass is 394 g/mol. The summed E-state index contributed by atoms with van der Waals surface area (Å²) in [4.78, 5) is 11.0. The molecule has 8 nitrogen and oxygen atoms in total. The van der Waals surface area contributed by atoms with Crippen LogP contribution in [0.5, 0.6) is 0 Å². The number of aliphatic hydroxyl groups excluding tert-OH is 1. The zero-order valence-corrected chi connectivity index (χ0v) is 17.0. The van der Waals surface area contributed by atoms with Crippen LogP contribution in [-0.4, -0.2) is 46.8 Å². The van der Waals surface area contributed by atoms with Crippen LogP contribution >= 0.6 is 0 Å². The molecule has 29 heavy (non-hydrogen) atoms. The van der Waals surface area contributed by atoms with Gasteiger partial charge < -0.3 is 9.52 Å². The molecule has 0 bridgehead atoms. The molecular formula is C21H26N6O2. The molecule has 4 rings (SSSR count). The van der Waals surface area contributed by atoms with Gasteiger partial charge in [-0.1, -0.05) is 0 Å². The van der Waals surface area contributed by atoms with E-state index in [0.717, 1.165) is 28.5 Å². The molecule has 0 aliphatic heterocycles. The molecule has 0 radical (unpaired) electrons. The third-order valence-corrected chi connectivity index (χ3v) is 4.99. The molecule has 4 aromatic heterocycles. The summed E-state index contributed by atoms with van der Waals surface area (Å²) in [6, 6.07) is 7.74. The van der Waals surface area contributed by atoms with E-state index in [-0.39, 0.29) is 0 Å². The molecule has 0 amide bonds. The first-order chi connectivity index (χ1) is 14.0. The van der Waals surface area contributed by atoms with Gasteiger partial charge >= 0.3 is 0 Å². The van der Waals surface area contributed by atoms with Crippen LogP contribution in [0.1, 0.15) is 28.5 Å². The Morgan fingerprint density at radius 3 is 2.79 bits per heavy atom. The number of aryl methyl sites for hydroxylation is 3. The van der Waals surface area contributed by atoms with Crippen molar-refractivity contribution < 1.29 is 9.52 Å². The van der Waals surface area contributed by atoms with E-state index in [1.807, 2.05) is 60.3 Å². The number of aromatic nitrogens is 5. The smallest absolute Gasteiger partial charge is 0.234 e. The van der Waals surface area contributed by atoms with Crippen LogP contribution in [0.15, 0.2) is 47.3 Å². The van der Waals surface area contributed by atoms with Gasteiger partial charge in [0.1, 0.15) is 5.76 Å². The van der Waals surface area contributed by atoms with Gasteiger partial charge in [-0.05, 0) is 45.0 Å². The fourth-order valence-electron chi connectivity index (χ4n) is 3.67. The number of imidazole rings is 1. The molecule has 152 valence electrons. The molecule has 1 unspecified atom stereocenters. The predicted molar refractivity (Wildman–Crippen MR) is 108 cm³/mol. The van der Waals surface area contributed by atoms with Crippen LogP contribution in [0.25, 0.3) is 5.78 Å². The normalized spacial score (nSPS) is 12.9. The summed E-state index contributed by atoms with van der Waals surface area (Å²) in [5.41, 5.74) is 3.98. The van der Waals surface area contributed by atoms with Crippen molar-refractivity contribution in [2.75, 3.05) is 6.54 Å². The lowest BCUT2D eigenvalue weighted by atomic mass is 10.2. The van der Waals surface area contributed by atoms with Gasteiger partial charge in [0, 0.05) is 31.2 Å². The van der Waals surface area contributed by atoms with E-state index in [1.165, 1.54) is 0 Å². The highest BCUT2D eigenvalue weighted by molar-refractivity contribution is 5.34. The number of furan rings is 1. The molecule has 0 aliphatic carbocycles. The van der Waals surface area contributed by atoms with Gasteiger partial charge in [-0.2, -0.15) is 5.10 Å². The third kappa shape index (κ3) is 4.38. The SMILES string of the molecule is Cc1cc(C)n(CC(O)CN(Cc2ccco2)Cc2c(C)nc3ncccn23)n1. The topological polar surface area (TPSA) is 84.6 Å². The van der Waals surface area contributed by atoms with Gasteiger partial charge in [-0.25, -0.2) is 9.97 Å². The first-order valence-electron chi connectivity index (χ1n) is 9.72. The van der Waals surface area contributed by atoms with Gasteiger partial charge in [0.15, 0.2) is 0 Å². The Labute approximate surface area is 169 Å². The van der Waals surface area contributed by atoms with Crippen LogP contribution in [0.2, 0.25) is 0 Å². The Balaban J connectivity index is 1.54. The molecule has 1 N–H and O–H groups in total. The maximum Gasteiger partial charge on any atom is 0.234 e. The fourth-order valence-corrected chi connectivity index (χ4v) is 3.67. The summed E-state index contributed by atoms with van der Waals surface area (Å²) in [5.74, 6) is 1.54. The molecule has 1 atom stereocenters. The van der Waals surface area contributed by atoms with Crippen LogP contribution in [0, 0.1) is 20.8 Å². The van der Waals surface area contributed by atoms with Crippen molar-refractivity contribution in [3.63, 3.8) is 0 Å². The van der Waals surface area contributed by atoms with Crippen LogP contribution in [0.3, 0.4) is 0 Å². The fraction of sp³-hybridized carbons (Fsp3) is 0.381. The highest BCUT2D eigenvalue weighted by Gasteiger charge is 2.19. The van der Waals surface area contributed by atoms with Crippen molar-refractivity contribution in [2.45, 2.75) is 46.5 Å². The zero-order chi connectivity index (χ0) is 20.4. The number of hydrogen-bond donors (Lipinski definition) is 1. The van der Waals surface area contributed by atoms with Crippen LogP contribution in [-0.2, 0) is 19.6 Å². The number of aliphatic hydroxyl groups is 1. The Hall–Kier alpha value is -2.97. The van der Waals surface area contributed by atoms with Gasteiger partial charge in [0.2, 0.25) is 5.78 Å². The first kappa shape index (κ1) is 19.4. The number of rotatable bonds is 8. The number of fused-ring (bicyclic) bond motifs is 1. The predicted octanol–water partition coefficient (Wildman–Crippen LogP) is 2.51. The number of hydrogen-bond acceptors (Lipinski definition) is 6. The summed E-state index contributed by atoms with van der Waals surface area (Å²) < 4.78 is 9.40. The maximum atomic E-state index is 10.8. The van der Waals surface area contributed by atoms with E-state index in [0.29, 0.717) is 32.0 Å².